The minimum Gasteiger partial charge on any atom is -0.493 e. The lowest BCUT2D eigenvalue weighted by Crippen LogP contribution is -2.31. The third-order valence-corrected chi connectivity index (χ3v) is 8.18. The predicted molar refractivity (Wildman–Crippen MR) is 161 cm³/mol. The number of fused-ring (bicyclic) bond motifs is 1. The molecular formula is C29H26BrCl2N5O3. The Morgan fingerprint density at radius 2 is 1.85 bits per heavy atom. The number of anilines is 2. The van der Waals surface area contributed by atoms with Crippen molar-refractivity contribution in [2.75, 3.05) is 17.7 Å². The zero-order valence-corrected chi connectivity index (χ0v) is 25.3. The summed E-state index contributed by atoms with van der Waals surface area (Å²) in [5.74, 6) is 1.19. The van der Waals surface area contributed by atoms with E-state index in [0.29, 0.717) is 48.8 Å². The van der Waals surface area contributed by atoms with E-state index in [0.717, 1.165) is 22.4 Å². The van der Waals surface area contributed by atoms with Crippen LogP contribution in [0.4, 0.5) is 11.6 Å². The molecule has 3 aromatic carbocycles. The number of aryl methyl sites for hydroxylation is 1. The van der Waals surface area contributed by atoms with Crippen molar-refractivity contribution in [3.05, 3.63) is 103 Å². The lowest BCUT2D eigenvalue weighted by Gasteiger charge is -2.29. The van der Waals surface area contributed by atoms with Gasteiger partial charge in [-0.05, 0) is 83.7 Å². The predicted octanol–water partition coefficient (Wildman–Crippen LogP) is 7.48. The number of halogens is 3. The molecule has 40 heavy (non-hydrogen) atoms. The first-order valence-corrected chi connectivity index (χ1v) is 13.9. The maximum absolute atomic E-state index is 13.8. The number of hydrogen-bond acceptors (Lipinski definition) is 6. The summed E-state index contributed by atoms with van der Waals surface area (Å²) in [6.07, 6.45) is 1.45. The van der Waals surface area contributed by atoms with E-state index < -0.39 is 6.04 Å². The minimum atomic E-state index is -0.596. The normalized spacial score (nSPS) is 14.4. The van der Waals surface area contributed by atoms with Crippen molar-refractivity contribution >= 4 is 56.7 Å². The number of allylic oxidation sites excluding steroid dienone is 1. The summed E-state index contributed by atoms with van der Waals surface area (Å²) in [6, 6.07) is 14.2. The van der Waals surface area contributed by atoms with Gasteiger partial charge in [-0.15, -0.1) is 0 Å². The molecule has 1 aliphatic heterocycles. The van der Waals surface area contributed by atoms with Gasteiger partial charge in [-0.25, -0.2) is 4.68 Å². The van der Waals surface area contributed by atoms with Crippen LogP contribution < -0.4 is 20.1 Å². The number of benzene rings is 3. The molecule has 1 aliphatic rings. The molecule has 1 amide bonds. The van der Waals surface area contributed by atoms with Gasteiger partial charge in [0.25, 0.3) is 5.91 Å². The summed E-state index contributed by atoms with van der Waals surface area (Å²) >= 11 is 16.3. The molecule has 5 rings (SSSR count). The molecule has 1 atom stereocenters. The van der Waals surface area contributed by atoms with E-state index in [-0.39, 0.29) is 12.5 Å². The molecule has 2 heterocycles. The van der Waals surface area contributed by atoms with E-state index in [4.69, 9.17) is 32.7 Å². The summed E-state index contributed by atoms with van der Waals surface area (Å²) in [5.41, 5.74) is 5.39. The van der Waals surface area contributed by atoms with Gasteiger partial charge in [-0.2, -0.15) is 10.1 Å². The lowest BCUT2D eigenvalue weighted by molar-refractivity contribution is -0.113. The third kappa shape index (κ3) is 5.29. The van der Waals surface area contributed by atoms with Gasteiger partial charge in [0.1, 0.15) is 19.0 Å². The largest absolute Gasteiger partial charge is 0.493 e. The maximum Gasteiger partial charge on any atom is 0.255 e. The van der Waals surface area contributed by atoms with E-state index in [1.807, 2.05) is 51.1 Å². The van der Waals surface area contributed by atoms with E-state index >= 15 is 0 Å². The molecule has 0 spiro atoms. The van der Waals surface area contributed by atoms with Crippen molar-refractivity contribution in [1.82, 2.24) is 14.8 Å². The van der Waals surface area contributed by atoms with Crippen molar-refractivity contribution in [1.29, 1.82) is 0 Å². The van der Waals surface area contributed by atoms with Gasteiger partial charge in [-0.3, -0.25) is 4.79 Å². The Balaban J connectivity index is 1.53. The zero-order valence-electron chi connectivity index (χ0n) is 22.2. The second-order valence-electron chi connectivity index (χ2n) is 9.32. The zero-order chi connectivity index (χ0) is 28.6. The van der Waals surface area contributed by atoms with Crippen LogP contribution in [0.1, 0.15) is 35.2 Å². The van der Waals surface area contributed by atoms with Gasteiger partial charge < -0.3 is 20.1 Å². The molecule has 0 fully saturated rings. The van der Waals surface area contributed by atoms with Crippen LogP contribution in [0.5, 0.6) is 11.5 Å². The Morgan fingerprint density at radius 3 is 2.58 bits per heavy atom. The van der Waals surface area contributed by atoms with Gasteiger partial charge in [0.05, 0.1) is 17.2 Å². The summed E-state index contributed by atoms with van der Waals surface area (Å²) < 4.78 is 14.1. The Kier molecular flexibility index (Phi) is 8.07. The highest BCUT2D eigenvalue weighted by Crippen LogP contribution is 2.43. The molecule has 2 N–H and O–H groups in total. The topological polar surface area (TPSA) is 90.3 Å². The second kappa shape index (κ2) is 11.5. The minimum absolute atomic E-state index is 0.135. The van der Waals surface area contributed by atoms with Gasteiger partial charge in [0, 0.05) is 27.0 Å². The number of carbonyl (C=O) groups is 1. The number of methoxy groups -OCH3 is 1. The average molecular weight is 643 g/mol. The number of amides is 1. The smallest absolute Gasteiger partial charge is 0.255 e. The van der Waals surface area contributed by atoms with E-state index in [9.17, 15) is 4.79 Å². The molecule has 11 heteroatoms. The van der Waals surface area contributed by atoms with Crippen molar-refractivity contribution in [3.63, 3.8) is 0 Å². The number of rotatable bonds is 7. The quantitative estimate of drug-likeness (QED) is 0.217. The van der Waals surface area contributed by atoms with Crippen LogP contribution >= 0.6 is 39.1 Å². The highest BCUT2D eigenvalue weighted by atomic mass is 79.9. The first-order chi connectivity index (χ1) is 19.2. The lowest BCUT2D eigenvalue weighted by atomic mass is 9.94. The van der Waals surface area contributed by atoms with Gasteiger partial charge in [0.2, 0.25) is 5.95 Å². The van der Waals surface area contributed by atoms with Crippen LogP contribution in [0.25, 0.3) is 0 Å². The summed E-state index contributed by atoms with van der Waals surface area (Å²) in [7, 11) is 1.55. The maximum atomic E-state index is 13.8. The standard InChI is InChI=1S/C29H26BrCl2N5O3/c1-15-7-5-10-23(16(15)2)36-28(38)25-17(3)35-29-33-14-34-37(29)26(25)18-11-20(30)27(24(12-18)39-4)40-13-19-21(31)8-6-9-22(19)32/h5-12,14,26H,13H2,1-4H3,(H,36,38)(H,33,34,35). The molecule has 0 bridgehead atoms. The molecule has 0 saturated carbocycles. The SMILES string of the molecule is COc1cc(C2C(C(=O)Nc3cccc(C)c3C)=C(C)Nc3ncnn32)cc(Br)c1OCc1c(Cl)cccc1Cl. The number of aromatic nitrogens is 3. The molecule has 1 unspecified atom stereocenters. The van der Waals surface area contributed by atoms with Crippen LogP contribution in [0.3, 0.4) is 0 Å². The molecule has 0 saturated heterocycles. The molecule has 206 valence electrons. The molecule has 0 aliphatic carbocycles. The fourth-order valence-corrected chi connectivity index (χ4v) is 5.70. The Hall–Kier alpha value is -3.53. The van der Waals surface area contributed by atoms with Crippen LogP contribution in [0.2, 0.25) is 10.0 Å². The fraction of sp³-hybridized carbons (Fsp3) is 0.207. The number of carbonyl (C=O) groups excluding carboxylic acids is 1. The number of hydrogen-bond donors (Lipinski definition) is 2. The van der Waals surface area contributed by atoms with Crippen LogP contribution in [-0.2, 0) is 11.4 Å². The van der Waals surface area contributed by atoms with E-state index in [2.05, 4.69) is 36.6 Å². The summed E-state index contributed by atoms with van der Waals surface area (Å²) in [5, 5.41) is 11.7. The second-order valence-corrected chi connectivity index (χ2v) is 11.0. The number of ether oxygens (including phenoxy) is 2. The summed E-state index contributed by atoms with van der Waals surface area (Å²) in [6.45, 7) is 5.97. The Labute approximate surface area is 250 Å². The van der Waals surface area contributed by atoms with Crippen molar-refractivity contribution < 1.29 is 14.3 Å². The fourth-order valence-electron chi connectivity index (χ4n) is 4.62. The molecule has 1 aromatic heterocycles. The molecule has 8 nitrogen and oxygen atoms in total. The third-order valence-electron chi connectivity index (χ3n) is 6.88. The Morgan fingerprint density at radius 1 is 1.12 bits per heavy atom. The molecular weight excluding hydrogens is 617 g/mol. The number of nitrogens with one attached hydrogen (secondary N) is 2. The van der Waals surface area contributed by atoms with E-state index in [1.54, 1.807) is 30.0 Å². The van der Waals surface area contributed by atoms with Gasteiger partial charge in [-0.1, -0.05) is 41.4 Å². The highest BCUT2D eigenvalue weighted by Gasteiger charge is 2.34. The Bertz CT molecular complexity index is 1630. The summed E-state index contributed by atoms with van der Waals surface area (Å²) in [4.78, 5) is 18.2. The van der Waals surface area contributed by atoms with Crippen LogP contribution in [0.15, 0.2) is 70.6 Å². The van der Waals surface area contributed by atoms with E-state index in [1.165, 1.54) is 6.33 Å². The number of nitrogens with zero attached hydrogens (tertiary/aromatic N) is 3. The van der Waals surface area contributed by atoms with Crippen molar-refractivity contribution in [3.8, 4) is 11.5 Å². The van der Waals surface area contributed by atoms with Crippen LogP contribution in [0, 0.1) is 13.8 Å². The monoisotopic (exact) mass is 641 g/mol. The molecule has 4 aromatic rings. The first kappa shape index (κ1) is 28.0. The first-order valence-electron chi connectivity index (χ1n) is 12.4. The molecule has 0 radical (unpaired) electrons. The van der Waals surface area contributed by atoms with Crippen LogP contribution in [-0.4, -0.2) is 27.8 Å². The van der Waals surface area contributed by atoms with Gasteiger partial charge in [0.15, 0.2) is 11.5 Å². The van der Waals surface area contributed by atoms with Gasteiger partial charge >= 0.3 is 0 Å². The van der Waals surface area contributed by atoms with Crippen molar-refractivity contribution in [2.24, 2.45) is 0 Å². The average Bonchev–Trinajstić information content (AvgIpc) is 3.38. The van der Waals surface area contributed by atoms with Crippen molar-refractivity contribution in [2.45, 2.75) is 33.4 Å². The highest BCUT2D eigenvalue weighted by molar-refractivity contribution is 9.10.